The summed E-state index contributed by atoms with van der Waals surface area (Å²) in [6, 6.07) is -2.64. The molecule has 0 saturated heterocycles. The van der Waals surface area contributed by atoms with Gasteiger partial charge in [0.2, 0.25) is 11.8 Å². The largest absolute Gasteiger partial charge is 0.481 e. The third-order valence-corrected chi connectivity index (χ3v) is 3.62. The monoisotopic (exact) mass is 404 g/mol. The molecule has 2 unspecified atom stereocenters. The third-order valence-electron chi connectivity index (χ3n) is 3.62. The van der Waals surface area contributed by atoms with Crippen molar-refractivity contribution in [1.29, 1.82) is 0 Å². The van der Waals surface area contributed by atoms with E-state index in [0.717, 1.165) is 0 Å². The van der Waals surface area contributed by atoms with Crippen molar-refractivity contribution in [3.8, 4) is 0 Å². The molecule has 0 fully saturated rings. The predicted molar refractivity (Wildman–Crippen MR) is 91.3 cm³/mol. The van der Waals surface area contributed by atoms with Gasteiger partial charge in [-0.2, -0.15) is 0 Å². The standard InChI is InChI=1S/C16H24N2O10/c19-11(17-9(15(25)26)5-7-13(21)22)3-1-2-4-12(20)18-10(16(27)28)6-8-14(23)24/h9-10H,1-8H2,(H,17,19)(H,18,20)(H,21,22)(H,23,24)(H,25,26)(H,27,28). The van der Waals surface area contributed by atoms with Crippen molar-refractivity contribution in [1.82, 2.24) is 10.6 Å². The number of hydrogen-bond donors (Lipinski definition) is 6. The summed E-state index contributed by atoms with van der Waals surface area (Å²) in [7, 11) is 0. The molecule has 12 nitrogen and oxygen atoms in total. The molecule has 0 saturated carbocycles. The number of aliphatic carboxylic acids is 4. The van der Waals surface area contributed by atoms with E-state index in [-0.39, 0.29) is 38.5 Å². The Kier molecular flexibility index (Phi) is 11.6. The molecule has 0 aromatic heterocycles. The molecule has 0 aromatic carbocycles. The SMILES string of the molecule is O=C(O)CCC(NC(=O)CCCCC(=O)NC(CCC(=O)O)C(=O)O)C(=O)O. The van der Waals surface area contributed by atoms with Gasteiger partial charge in [0.1, 0.15) is 12.1 Å². The molecule has 2 atom stereocenters. The summed E-state index contributed by atoms with van der Waals surface area (Å²) in [4.78, 5) is 66.3. The van der Waals surface area contributed by atoms with Crippen LogP contribution in [0.2, 0.25) is 0 Å². The molecule has 2 amide bonds. The molecule has 28 heavy (non-hydrogen) atoms. The summed E-state index contributed by atoms with van der Waals surface area (Å²) in [6.07, 6.45) is -1.09. The van der Waals surface area contributed by atoms with Gasteiger partial charge in [0, 0.05) is 25.7 Å². The molecule has 0 aliphatic heterocycles. The summed E-state index contributed by atoms with van der Waals surface area (Å²) in [5.41, 5.74) is 0. The number of amides is 2. The van der Waals surface area contributed by atoms with Crippen LogP contribution >= 0.6 is 0 Å². The molecule has 6 N–H and O–H groups in total. The minimum atomic E-state index is -1.35. The Morgan fingerprint density at radius 2 is 0.893 bits per heavy atom. The second kappa shape index (κ2) is 13.1. The van der Waals surface area contributed by atoms with Gasteiger partial charge in [0.25, 0.3) is 0 Å². The third kappa shape index (κ3) is 12.2. The van der Waals surface area contributed by atoms with E-state index in [2.05, 4.69) is 10.6 Å². The number of carboxylic acids is 4. The minimum Gasteiger partial charge on any atom is -0.481 e. The zero-order valence-electron chi connectivity index (χ0n) is 15.0. The Labute approximate surface area is 159 Å². The maximum atomic E-state index is 11.7. The van der Waals surface area contributed by atoms with Crippen LogP contribution in [0.15, 0.2) is 0 Å². The number of carbonyl (C=O) groups excluding carboxylic acids is 2. The van der Waals surface area contributed by atoms with E-state index < -0.39 is 60.6 Å². The maximum Gasteiger partial charge on any atom is 0.326 e. The van der Waals surface area contributed by atoms with Gasteiger partial charge in [0.05, 0.1) is 0 Å². The lowest BCUT2D eigenvalue weighted by Crippen LogP contribution is -2.41. The van der Waals surface area contributed by atoms with E-state index in [4.69, 9.17) is 20.4 Å². The zero-order chi connectivity index (χ0) is 21.7. The Balaban J connectivity index is 4.20. The Morgan fingerprint density at radius 3 is 1.14 bits per heavy atom. The van der Waals surface area contributed by atoms with Crippen molar-refractivity contribution in [2.24, 2.45) is 0 Å². The van der Waals surface area contributed by atoms with Crippen molar-refractivity contribution in [3.05, 3.63) is 0 Å². The van der Waals surface area contributed by atoms with Gasteiger partial charge in [-0.05, 0) is 25.7 Å². The molecule has 0 spiro atoms. The average Bonchev–Trinajstić information content (AvgIpc) is 2.58. The first kappa shape index (κ1) is 24.8. The number of rotatable bonds is 15. The summed E-state index contributed by atoms with van der Waals surface area (Å²) in [5, 5.41) is 39.4. The highest BCUT2D eigenvalue weighted by Gasteiger charge is 2.22. The van der Waals surface area contributed by atoms with Crippen LogP contribution in [0.4, 0.5) is 0 Å². The lowest BCUT2D eigenvalue weighted by Gasteiger charge is -2.14. The van der Waals surface area contributed by atoms with Crippen molar-refractivity contribution >= 4 is 35.7 Å². The molecular formula is C16H24N2O10. The minimum absolute atomic E-state index is 0.0918. The fourth-order valence-corrected chi connectivity index (χ4v) is 2.15. The highest BCUT2D eigenvalue weighted by molar-refractivity contribution is 5.85. The van der Waals surface area contributed by atoms with Gasteiger partial charge >= 0.3 is 23.9 Å². The highest BCUT2D eigenvalue weighted by Crippen LogP contribution is 2.05. The van der Waals surface area contributed by atoms with Gasteiger partial charge in [-0.15, -0.1) is 0 Å². The topological polar surface area (TPSA) is 207 Å². The van der Waals surface area contributed by atoms with Crippen LogP contribution in [0.25, 0.3) is 0 Å². The molecule has 0 aliphatic carbocycles. The predicted octanol–water partition coefficient (Wildman–Crippen LogP) is -0.585. The number of hydrogen-bond acceptors (Lipinski definition) is 6. The molecule has 12 heteroatoms. The lowest BCUT2D eigenvalue weighted by atomic mass is 10.1. The summed E-state index contributed by atoms with van der Waals surface area (Å²) in [5.74, 6) is -6.29. The fraction of sp³-hybridized carbons (Fsp3) is 0.625. The van der Waals surface area contributed by atoms with Gasteiger partial charge < -0.3 is 31.1 Å². The van der Waals surface area contributed by atoms with Gasteiger partial charge in [-0.1, -0.05) is 0 Å². The summed E-state index contributed by atoms with van der Waals surface area (Å²) >= 11 is 0. The molecule has 158 valence electrons. The Bertz CT molecular complexity index is 552. The van der Waals surface area contributed by atoms with Crippen molar-refractivity contribution in [3.63, 3.8) is 0 Å². The van der Waals surface area contributed by atoms with Gasteiger partial charge in [-0.3, -0.25) is 19.2 Å². The normalized spacial score (nSPS) is 12.4. The van der Waals surface area contributed by atoms with Crippen LogP contribution in [-0.2, 0) is 28.8 Å². The van der Waals surface area contributed by atoms with E-state index in [1.807, 2.05) is 0 Å². The van der Waals surface area contributed by atoms with Gasteiger partial charge in [0.15, 0.2) is 0 Å². The Morgan fingerprint density at radius 1 is 0.571 bits per heavy atom. The van der Waals surface area contributed by atoms with Crippen LogP contribution in [0.1, 0.15) is 51.4 Å². The van der Waals surface area contributed by atoms with E-state index in [1.54, 1.807) is 0 Å². The first-order chi connectivity index (χ1) is 13.0. The molecule has 0 bridgehead atoms. The molecule has 0 aromatic rings. The van der Waals surface area contributed by atoms with Crippen molar-refractivity contribution < 1.29 is 49.2 Å². The Hall–Kier alpha value is -3.18. The van der Waals surface area contributed by atoms with E-state index in [9.17, 15) is 28.8 Å². The van der Waals surface area contributed by atoms with Crippen LogP contribution < -0.4 is 10.6 Å². The lowest BCUT2D eigenvalue weighted by molar-refractivity contribution is -0.144. The zero-order valence-corrected chi connectivity index (χ0v) is 15.0. The summed E-state index contributed by atoms with van der Waals surface area (Å²) < 4.78 is 0. The maximum absolute atomic E-state index is 11.7. The van der Waals surface area contributed by atoms with Crippen LogP contribution in [0.3, 0.4) is 0 Å². The van der Waals surface area contributed by atoms with Crippen LogP contribution in [-0.4, -0.2) is 68.2 Å². The second-order valence-electron chi connectivity index (χ2n) is 5.99. The number of carboxylic acid groups (broad SMARTS) is 4. The van der Waals surface area contributed by atoms with E-state index in [0.29, 0.717) is 0 Å². The van der Waals surface area contributed by atoms with Crippen molar-refractivity contribution in [2.75, 3.05) is 0 Å². The molecular weight excluding hydrogens is 380 g/mol. The van der Waals surface area contributed by atoms with E-state index >= 15 is 0 Å². The van der Waals surface area contributed by atoms with Gasteiger partial charge in [-0.25, -0.2) is 9.59 Å². The molecule has 0 radical (unpaired) electrons. The number of carbonyl (C=O) groups is 6. The molecule has 0 aliphatic rings. The molecule has 0 heterocycles. The first-order valence-corrected chi connectivity index (χ1v) is 8.50. The van der Waals surface area contributed by atoms with E-state index in [1.165, 1.54) is 0 Å². The quantitative estimate of drug-likeness (QED) is 0.191. The summed E-state index contributed by atoms with van der Waals surface area (Å²) in [6.45, 7) is 0. The number of nitrogens with one attached hydrogen (secondary N) is 2. The smallest absolute Gasteiger partial charge is 0.326 e. The van der Waals surface area contributed by atoms with Crippen LogP contribution in [0.5, 0.6) is 0 Å². The van der Waals surface area contributed by atoms with Crippen LogP contribution in [0, 0.1) is 0 Å². The fourth-order valence-electron chi connectivity index (χ4n) is 2.15. The van der Waals surface area contributed by atoms with Crippen molar-refractivity contribution in [2.45, 2.75) is 63.5 Å². The average molecular weight is 404 g/mol. The second-order valence-corrected chi connectivity index (χ2v) is 5.99. The molecule has 0 rings (SSSR count). The highest BCUT2D eigenvalue weighted by atomic mass is 16.4. The first-order valence-electron chi connectivity index (χ1n) is 8.50. The number of unbranched alkanes of at least 4 members (excludes halogenated alkanes) is 1.